The summed E-state index contributed by atoms with van der Waals surface area (Å²) >= 11 is 0. The van der Waals surface area contributed by atoms with E-state index >= 15 is 0 Å². The van der Waals surface area contributed by atoms with Gasteiger partial charge in [0, 0.05) is 0 Å². The van der Waals surface area contributed by atoms with Crippen molar-refractivity contribution in [3.63, 3.8) is 0 Å². The number of hydrazine groups is 1. The van der Waals surface area contributed by atoms with Gasteiger partial charge in [-0.2, -0.15) is 0 Å². The molecule has 2 nitrogen and oxygen atoms in total. The summed E-state index contributed by atoms with van der Waals surface area (Å²) in [5.74, 6) is 0. The van der Waals surface area contributed by atoms with Crippen LogP contribution in [0.2, 0.25) is 0 Å². The Hall–Kier alpha value is -1.96. The summed E-state index contributed by atoms with van der Waals surface area (Å²) in [6.07, 6.45) is 0. The molecule has 0 bridgehead atoms. The fraction of sp³-hybridized carbons (Fsp3) is 0.250. The maximum Gasteiger partial charge on any atom is 0.0571 e. The summed E-state index contributed by atoms with van der Waals surface area (Å²) in [7, 11) is 0. The maximum absolute atomic E-state index is 3.27. The van der Waals surface area contributed by atoms with Gasteiger partial charge in [-0.15, -0.1) is 0 Å². The van der Waals surface area contributed by atoms with Crippen LogP contribution in [0.25, 0.3) is 0 Å². The molecule has 0 saturated heterocycles. The Morgan fingerprint density at radius 1 is 0.667 bits per heavy atom. The van der Waals surface area contributed by atoms with E-state index < -0.39 is 0 Å². The van der Waals surface area contributed by atoms with Crippen molar-refractivity contribution in [1.82, 2.24) is 0 Å². The molecule has 0 radical (unpaired) electrons. The van der Waals surface area contributed by atoms with Gasteiger partial charge in [-0.25, -0.2) is 0 Å². The number of benzene rings is 2. The van der Waals surface area contributed by atoms with E-state index in [0.717, 1.165) is 11.4 Å². The van der Waals surface area contributed by atoms with Crippen LogP contribution >= 0.6 is 0 Å². The largest absolute Gasteiger partial charge is 0.301 e. The van der Waals surface area contributed by atoms with Gasteiger partial charge in [0.25, 0.3) is 0 Å². The minimum atomic E-state index is 1.09. The van der Waals surface area contributed by atoms with Crippen LogP contribution in [0.3, 0.4) is 0 Å². The molecule has 2 N–H and O–H groups in total. The fourth-order valence-corrected chi connectivity index (χ4v) is 2.06. The summed E-state index contributed by atoms with van der Waals surface area (Å²) in [6, 6.07) is 12.8. The zero-order valence-electron chi connectivity index (χ0n) is 11.5. The average molecular weight is 240 g/mol. The number of rotatable bonds is 3. The van der Waals surface area contributed by atoms with Gasteiger partial charge < -0.3 is 10.9 Å². The molecular weight excluding hydrogens is 220 g/mol. The van der Waals surface area contributed by atoms with Crippen LogP contribution < -0.4 is 10.9 Å². The number of hydrogen-bond donors (Lipinski definition) is 2. The molecule has 0 aliphatic carbocycles. The molecule has 0 heterocycles. The second-order valence-corrected chi connectivity index (χ2v) is 4.94. The number of nitrogens with one attached hydrogen (secondary N) is 2. The molecule has 94 valence electrons. The molecule has 2 aromatic rings. The van der Waals surface area contributed by atoms with Crippen LogP contribution in [-0.4, -0.2) is 0 Å². The van der Waals surface area contributed by atoms with Crippen LogP contribution in [0.4, 0.5) is 11.4 Å². The van der Waals surface area contributed by atoms with Gasteiger partial charge in [0.2, 0.25) is 0 Å². The van der Waals surface area contributed by atoms with Crippen LogP contribution in [0.15, 0.2) is 36.4 Å². The lowest BCUT2D eigenvalue weighted by Gasteiger charge is -2.13. The van der Waals surface area contributed by atoms with E-state index in [2.05, 4.69) is 74.9 Å². The lowest BCUT2D eigenvalue weighted by molar-refractivity contribution is 1.31. The van der Waals surface area contributed by atoms with Gasteiger partial charge in [-0.1, -0.05) is 18.2 Å². The first-order valence-electron chi connectivity index (χ1n) is 6.22. The molecule has 2 aromatic carbocycles. The van der Waals surface area contributed by atoms with Crippen LogP contribution in [0.5, 0.6) is 0 Å². The monoisotopic (exact) mass is 240 g/mol. The van der Waals surface area contributed by atoms with Gasteiger partial charge >= 0.3 is 0 Å². The fourth-order valence-electron chi connectivity index (χ4n) is 2.06. The van der Waals surface area contributed by atoms with Gasteiger partial charge in [-0.3, -0.25) is 0 Å². The van der Waals surface area contributed by atoms with E-state index in [1.807, 2.05) is 0 Å². The number of aryl methyl sites for hydroxylation is 4. The van der Waals surface area contributed by atoms with Crippen molar-refractivity contribution >= 4 is 11.4 Å². The molecule has 0 aliphatic heterocycles. The van der Waals surface area contributed by atoms with Crippen molar-refractivity contribution in [2.45, 2.75) is 27.7 Å². The Labute approximate surface area is 109 Å². The third-order valence-corrected chi connectivity index (χ3v) is 2.96. The van der Waals surface area contributed by atoms with Gasteiger partial charge in [0.15, 0.2) is 0 Å². The van der Waals surface area contributed by atoms with Crippen molar-refractivity contribution in [3.8, 4) is 0 Å². The molecule has 0 amide bonds. The topological polar surface area (TPSA) is 24.1 Å². The van der Waals surface area contributed by atoms with Crippen molar-refractivity contribution in [2.24, 2.45) is 0 Å². The molecule has 0 aliphatic rings. The molecule has 0 fully saturated rings. The van der Waals surface area contributed by atoms with E-state index in [0.29, 0.717) is 0 Å². The Balaban J connectivity index is 2.13. The third-order valence-electron chi connectivity index (χ3n) is 2.96. The standard InChI is InChI=1S/C16H20N2/c1-11-5-6-14(4)16(10-11)18-17-15-8-12(2)7-13(3)9-15/h5-10,17-18H,1-4H3. The van der Waals surface area contributed by atoms with Gasteiger partial charge in [0.1, 0.15) is 0 Å². The highest BCUT2D eigenvalue weighted by atomic mass is 15.4. The van der Waals surface area contributed by atoms with Crippen molar-refractivity contribution < 1.29 is 0 Å². The zero-order valence-corrected chi connectivity index (χ0v) is 11.5. The van der Waals surface area contributed by atoms with Crippen LogP contribution in [-0.2, 0) is 0 Å². The molecule has 2 rings (SSSR count). The van der Waals surface area contributed by atoms with Crippen molar-refractivity contribution in [3.05, 3.63) is 58.7 Å². The Morgan fingerprint density at radius 2 is 1.33 bits per heavy atom. The molecule has 0 aromatic heterocycles. The summed E-state index contributed by atoms with van der Waals surface area (Å²) in [4.78, 5) is 0. The Bertz CT molecular complexity index is 539. The van der Waals surface area contributed by atoms with E-state index in [-0.39, 0.29) is 0 Å². The quantitative estimate of drug-likeness (QED) is 0.779. The van der Waals surface area contributed by atoms with Crippen molar-refractivity contribution in [2.75, 3.05) is 10.9 Å². The van der Waals surface area contributed by atoms with Crippen LogP contribution in [0, 0.1) is 27.7 Å². The summed E-state index contributed by atoms with van der Waals surface area (Å²) in [5.41, 5.74) is 13.8. The van der Waals surface area contributed by atoms with Crippen LogP contribution in [0.1, 0.15) is 22.3 Å². The zero-order chi connectivity index (χ0) is 13.1. The Kier molecular flexibility index (Phi) is 3.56. The second-order valence-electron chi connectivity index (χ2n) is 4.94. The van der Waals surface area contributed by atoms with E-state index in [4.69, 9.17) is 0 Å². The lowest BCUT2D eigenvalue weighted by atomic mass is 10.1. The number of hydrogen-bond acceptors (Lipinski definition) is 2. The first-order valence-corrected chi connectivity index (χ1v) is 6.22. The molecule has 0 atom stereocenters. The molecule has 0 spiro atoms. The average Bonchev–Trinajstić information content (AvgIpc) is 2.29. The summed E-state index contributed by atoms with van der Waals surface area (Å²) < 4.78 is 0. The SMILES string of the molecule is Cc1cc(C)cc(NNc2cc(C)ccc2C)c1. The smallest absolute Gasteiger partial charge is 0.0571 e. The second kappa shape index (κ2) is 5.13. The Morgan fingerprint density at radius 3 is 2.00 bits per heavy atom. The molecular formula is C16H20N2. The summed E-state index contributed by atoms with van der Waals surface area (Å²) in [6.45, 7) is 8.42. The highest BCUT2D eigenvalue weighted by molar-refractivity contribution is 5.58. The maximum atomic E-state index is 3.27. The van der Waals surface area contributed by atoms with Gasteiger partial charge in [-0.05, 0) is 68.1 Å². The third kappa shape index (κ3) is 3.04. The number of anilines is 2. The minimum Gasteiger partial charge on any atom is -0.301 e. The molecule has 18 heavy (non-hydrogen) atoms. The normalized spacial score (nSPS) is 10.2. The highest BCUT2D eigenvalue weighted by Gasteiger charge is 1.99. The van der Waals surface area contributed by atoms with E-state index in [9.17, 15) is 0 Å². The van der Waals surface area contributed by atoms with E-state index in [1.165, 1.54) is 22.3 Å². The van der Waals surface area contributed by atoms with Gasteiger partial charge in [0.05, 0.1) is 11.4 Å². The predicted molar refractivity (Wildman–Crippen MR) is 79.1 cm³/mol. The first-order chi connectivity index (χ1) is 8.54. The van der Waals surface area contributed by atoms with E-state index in [1.54, 1.807) is 0 Å². The predicted octanol–water partition coefficient (Wildman–Crippen LogP) is 4.36. The molecule has 2 heteroatoms. The first kappa shape index (κ1) is 12.5. The minimum absolute atomic E-state index is 1.09. The molecule has 0 saturated carbocycles. The molecule has 0 unspecified atom stereocenters. The lowest BCUT2D eigenvalue weighted by Crippen LogP contribution is -2.10. The highest BCUT2D eigenvalue weighted by Crippen LogP contribution is 2.18. The summed E-state index contributed by atoms with van der Waals surface area (Å²) in [5, 5.41) is 0. The van der Waals surface area contributed by atoms with Crippen molar-refractivity contribution in [1.29, 1.82) is 0 Å².